The molecular weight excluding hydrogens is 400 g/mol. The summed E-state index contributed by atoms with van der Waals surface area (Å²) in [5.41, 5.74) is 5.50. The lowest BCUT2D eigenvalue weighted by Crippen LogP contribution is -2.33. The molecule has 0 aliphatic rings. The smallest absolute Gasteiger partial charge is 0.374 e. The second-order valence-corrected chi connectivity index (χ2v) is 8.26. The molecule has 0 saturated heterocycles. The largest absolute Gasteiger partial charge is 0.394 e. The summed E-state index contributed by atoms with van der Waals surface area (Å²) < 4.78 is 1.87. The van der Waals surface area contributed by atoms with Gasteiger partial charge in [-0.15, -0.1) is 4.52 Å². The van der Waals surface area contributed by atoms with E-state index in [0.717, 1.165) is 23.2 Å². The van der Waals surface area contributed by atoms with Crippen molar-refractivity contribution in [3.05, 3.63) is 71.9 Å². The molecule has 166 valence electrons. The van der Waals surface area contributed by atoms with Crippen LogP contribution in [-0.2, 0) is 6.54 Å². The van der Waals surface area contributed by atoms with Crippen molar-refractivity contribution < 1.29 is 9.62 Å². The normalized spacial score (nSPS) is 12.3. The van der Waals surface area contributed by atoms with Gasteiger partial charge in [-0.2, -0.15) is 0 Å². The van der Waals surface area contributed by atoms with Gasteiger partial charge in [-0.3, -0.25) is 10.4 Å². The van der Waals surface area contributed by atoms with Gasteiger partial charge in [-0.1, -0.05) is 85.3 Å². The van der Waals surface area contributed by atoms with Crippen molar-refractivity contribution in [1.29, 1.82) is 0 Å². The Morgan fingerprint density at radius 2 is 1.72 bits per heavy atom. The van der Waals surface area contributed by atoms with Gasteiger partial charge in [0.15, 0.2) is 0 Å². The Hall–Kier alpha value is -3.45. The number of benzene rings is 2. The molecule has 0 saturated carbocycles. The van der Waals surface area contributed by atoms with E-state index in [1.807, 2.05) is 23.7 Å². The molecule has 0 amide bonds. The van der Waals surface area contributed by atoms with E-state index in [2.05, 4.69) is 83.1 Å². The van der Waals surface area contributed by atoms with Crippen molar-refractivity contribution in [2.75, 3.05) is 17.2 Å². The highest BCUT2D eigenvalue weighted by Crippen LogP contribution is 2.21. The minimum absolute atomic E-state index is 0.0335. The maximum absolute atomic E-state index is 9.58. The average Bonchev–Trinajstić information content (AvgIpc) is 3.26. The summed E-state index contributed by atoms with van der Waals surface area (Å²) in [4.78, 5) is 9.39. The monoisotopic (exact) mass is 431 g/mol. The van der Waals surface area contributed by atoms with Crippen LogP contribution in [0.25, 0.3) is 16.8 Å². The Morgan fingerprint density at radius 3 is 2.38 bits per heavy atom. The number of aliphatic hydroxyl groups excluding tert-OH is 1. The van der Waals surface area contributed by atoms with Gasteiger partial charge in [0.2, 0.25) is 0 Å². The lowest BCUT2D eigenvalue weighted by Gasteiger charge is -2.12. The standard InChI is InChI=1S/C25H30N6O/c1-4-21(16-32)28-24-29-23-22(17(2)3)15-27-31(23)25(30-24)26-14-18-10-12-20(13-11-18)19-8-6-5-7-9-19/h5-13,15,17,21,32H,4,14,16H2,1-3H3,(H2,26,27,28,29,30)/p+1/t21-/m1/s1. The zero-order valence-electron chi connectivity index (χ0n) is 18.8. The Bertz CT molecular complexity index is 1150. The predicted octanol–water partition coefficient (Wildman–Crippen LogP) is 4.13. The molecule has 2 aromatic carbocycles. The molecule has 32 heavy (non-hydrogen) atoms. The van der Waals surface area contributed by atoms with Gasteiger partial charge in [0.05, 0.1) is 19.2 Å². The Kier molecular flexibility index (Phi) is 6.66. The zero-order chi connectivity index (χ0) is 22.5. The van der Waals surface area contributed by atoms with E-state index in [-0.39, 0.29) is 12.6 Å². The van der Waals surface area contributed by atoms with Crippen molar-refractivity contribution in [1.82, 2.24) is 15.1 Å². The van der Waals surface area contributed by atoms with Gasteiger partial charge in [-0.25, -0.2) is 0 Å². The number of aliphatic hydroxyl groups is 1. The van der Waals surface area contributed by atoms with Crippen molar-refractivity contribution in [2.45, 2.75) is 45.7 Å². The molecule has 0 aliphatic carbocycles. The van der Waals surface area contributed by atoms with Crippen molar-refractivity contribution in [3.63, 3.8) is 0 Å². The van der Waals surface area contributed by atoms with Crippen LogP contribution in [0, 0.1) is 0 Å². The highest BCUT2D eigenvalue weighted by molar-refractivity contribution is 5.63. The number of aromatic nitrogens is 4. The maximum atomic E-state index is 9.58. The number of nitrogens with one attached hydrogen (secondary N) is 3. The first-order chi connectivity index (χ1) is 15.6. The lowest BCUT2D eigenvalue weighted by molar-refractivity contribution is -0.567. The topological polar surface area (TPSA) is 90.0 Å². The number of nitrogens with zero attached hydrogens (tertiary/aromatic N) is 3. The average molecular weight is 432 g/mol. The van der Waals surface area contributed by atoms with E-state index in [0.29, 0.717) is 24.4 Å². The SMILES string of the molecule is CC[C@H](CO)Nc1nc(NCc2ccc(-c3ccccc3)cc2)[n+]2[nH]cc(C(C)C)c2n1. The molecule has 4 N–H and O–H groups in total. The third-order valence-electron chi connectivity index (χ3n) is 5.63. The highest BCUT2D eigenvalue weighted by Gasteiger charge is 2.22. The molecule has 2 aromatic heterocycles. The number of fused-ring (bicyclic) bond motifs is 1. The minimum Gasteiger partial charge on any atom is -0.394 e. The predicted molar refractivity (Wildman–Crippen MR) is 128 cm³/mol. The van der Waals surface area contributed by atoms with E-state index in [9.17, 15) is 5.11 Å². The molecule has 0 spiro atoms. The molecule has 0 aliphatic heterocycles. The maximum Gasteiger partial charge on any atom is 0.374 e. The van der Waals surface area contributed by atoms with Crippen LogP contribution < -0.4 is 15.1 Å². The third kappa shape index (κ3) is 4.73. The second-order valence-electron chi connectivity index (χ2n) is 8.26. The molecule has 0 bridgehead atoms. The minimum atomic E-state index is -0.0859. The van der Waals surface area contributed by atoms with E-state index >= 15 is 0 Å². The second kappa shape index (κ2) is 9.78. The van der Waals surface area contributed by atoms with Crippen LogP contribution in [0.4, 0.5) is 11.9 Å². The Labute approximate surface area is 188 Å². The first-order valence-electron chi connectivity index (χ1n) is 11.2. The zero-order valence-corrected chi connectivity index (χ0v) is 18.8. The molecule has 0 radical (unpaired) electrons. The number of hydrogen-bond donors (Lipinski definition) is 4. The summed E-state index contributed by atoms with van der Waals surface area (Å²) >= 11 is 0. The molecule has 7 heteroatoms. The number of H-pyrrole nitrogens is 1. The van der Waals surface area contributed by atoms with Crippen LogP contribution in [0.2, 0.25) is 0 Å². The molecule has 7 nitrogen and oxygen atoms in total. The first kappa shape index (κ1) is 21.8. The van der Waals surface area contributed by atoms with Crippen molar-refractivity contribution in [3.8, 4) is 11.1 Å². The van der Waals surface area contributed by atoms with Gasteiger partial charge in [-0.05, 0) is 29.0 Å². The highest BCUT2D eigenvalue weighted by atomic mass is 16.3. The quantitative estimate of drug-likeness (QED) is 0.299. The summed E-state index contributed by atoms with van der Waals surface area (Å²) in [5.74, 6) is 1.50. The van der Waals surface area contributed by atoms with Crippen molar-refractivity contribution >= 4 is 17.5 Å². The van der Waals surface area contributed by atoms with Gasteiger partial charge in [0.25, 0.3) is 5.65 Å². The van der Waals surface area contributed by atoms with Crippen LogP contribution in [0.15, 0.2) is 60.8 Å². The van der Waals surface area contributed by atoms with Crippen LogP contribution >= 0.6 is 0 Å². The summed E-state index contributed by atoms with van der Waals surface area (Å²) in [5, 5.41) is 19.5. The van der Waals surface area contributed by atoms with Crippen molar-refractivity contribution in [2.24, 2.45) is 0 Å². The molecule has 2 heterocycles. The van der Waals surface area contributed by atoms with E-state index in [1.165, 1.54) is 11.1 Å². The number of aromatic amines is 1. The number of anilines is 2. The summed E-state index contributed by atoms with van der Waals surface area (Å²) in [6.45, 7) is 6.96. The number of rotatable bonds is 9. The van der Waals surface area contributed by atoms with Crippen LogP contribution in [0.1, 0.15) is 44.2 Å². The fourth-order valence-electron chi connectivity index (χ4n) is 3.63. The lowest BCUT2D eigenvalue weighted by atomic mass is 10.0. The van der Waals surface area contributed by atoms with Crippen LogP contribution in [0.5, 0.6) is 0 Å². The third-order valence-corrected chi connectivity index (χ3v) is 5.63. The van der Waals surface area contributed by atoms with Gasteiger partial charge in [0.1, 0.15) is 0 Å². The fourth-order valence-corrected chi connectivity index (χ4v) is 3.63. The van der Waals surface area contributed by atoms with E-state index < -0.39 is 0 Å². The van der Waals surface area contributed by atoms with E-state index in [4.69, 9.17) is 4.98 Å². The Balaban J connectivity index is 1.58. The molecule has 4 aromatic rings. The van der Waals surface area contributed by atoms with Crippen LogP contribution in [0.3, 0.4) is 0 Å². The van der Waals surface area contributed by atoms with Gasteiger partial charge >= 0.3 is 11.9 Å². The van der Waals surface area contributed by atoms with Gasteiger partial charge in [0, 0.05) is 11.8 Å². The fraction of sp³-hybridized carbons (Fsp3) is 0.320. The molecular formula is C25H31N6O+. The molecule has 0 unspecified atom stereocenters. The molecule has 4 rings (SSSR count). The van der Waals surface area contributed by atoms with Gasteiger partial charge < -0.3 is 10.4 Å². The molecule has 1 atom stereocenters. The summed E-state index contributed by atoms with van der Waals surface area (Å²) in [6.07, 6.45) is 2.76. The summed E-state index contributed by atoms with van der Waals surface area (Å²) in [7, 11) is 0. The number of hydrogen-bond acceptors (Lipinski definition) is 5. The summed E-state index contributed by atoms with van der Waals surface area (Å²) in [6, 6.07) is 18.8. The van der Waals surface area contributed by atoms with E-state index in [1.54, 1.807) is 0 Å². The Morgan fingerprint density at radius 1 is 1.00 bits per heavy atom. The van der Waals surface area contributed by atoms with Crippen LogP contribution in [-0.4, -0.2) is 32.8 Å². The first-order valence-corrected chi connectivity index (χ1v) is 11.2. The molecule has 0 fully saturated rings.